The van der Waals surface area contributed by atoms with Crippen molar-refractivity contribution in [1.29, 1.82) is 0 Å². The van der Waals surface area contributed by atoms with Crippen LogP contribution in [-0.4, -0.2) is 34.6 Å². The summed E-state index contributed by atoms with van der Waals surface area (Å²) in [5, 5.41) is 28.4. The third-order valence-electron chi connectivity index (χ3n) is 3.42. The van der Waals surface area contributed by atoms with E-state index in [0.29, 0.717) is 0 Å². The van der Waals surface area contributed by atoms with Gasteiger partial charge in [0.25, 0.3) is 0 Å². The second kappa shape index (κ2) is 5.10. The lowest BCUT2D eigenvalue weighted by molar-refractivity contribution is 0.209. The average Bonchev–Trinajstić information content (AvgIpc) is 3.00. The Bertz CT molecular complexity index is 475. The number of carbonyl (C=O) groups is 1. The first kappa shape index (κ1) is 13.7. The zero-order valence-corrected chi connectivity index (χ0v) is 9.81. The van der Waals surface area contributed by atoms with Crippen molar-refractivity contribution in [2.75, 3.05) is 18.5 Å². The third-order valence-corrected chi connectivity index (χ3v) is 3.42. The Labute approximate surface area is 107 Å². The summed E-state index contributed by atoms with van der Waals surface area (Å²) in [7, 11) is 0. The number of benzene rings is 1. The Morgan fingerprint density at radius 1 is 1.16 bits per heavy atom. The molecule has 104 valence electrons. The van der Waals surface area contributed by atoms with Crippen LogP contribution >= 0.6 is 0 Å². The lowest BCUT2D eigenvalue weighted by Gasteiger charge is -2.08. The van der Waals surface area contributed by atoms with Crippen molar-refractivity contribution in [2.24, 2.45) is 11.8 Å². The summed E-state index contributed by atoms with van der Waals surface area (Å²) >= 11 is 0. The van der Waals surface area contributed by atoms with Crippen molar-refractivity contribution in [3.8, 4) is 0 Å². The summed E-state index contributed by atoms with van der Waals surface area (Å²) in [5.74, 6) is -3.08. The quantitative estimate of drug-likeness (QED) is 0.667. The van der Waals surface area contributed by atoms with Gasteiger partial charge in [0.05, 0.1) is 0 Å². The molecule has 7 heteroatoms. The monoisotopic (exact) mass is 273 g/mol. The molecular formula is C12H13F2NO4. The van der Waals surface area contributed by atoms with Crippen molar-refractivity contribution in [2.45, 2.75) is 5.92 Å². The van der Waals surface area contributed by atoms with Crippen molar-refractivity contribution in [1.82, 2.24) is 0 Å². The number of hydrogen-bond donors (Lipinski definition) is 4. The molecule has 2 unspecified atom stereocenters. The molecule has 0 aromatic heterocycles. The highest BCUT2D eigenvalue weighted by molar-refractivity contribution is 5.82. The number of aliphatic hydroxyl groups excluding tert-OH is 2. The van der Waals surface area contributed by atoms with E-state index in [9.17, 15) is 13.6 Å². The first-order chi connectivity index (χ1) is 8.99. The summed E-state index contributed by atoms with van der Waals surface area (Å²) in [6.07, 6.45) is -1.42. The van der Waals surface area contributed by atoms with Gasteiger partial charge >= 0.3 is 6.09 Å². The van der Waals surface area contributed by atoms with Crippen LogP contribution in [0.1, 0.15) is 11.5 Å². The molecule has 1 aliphatic rings. The first-order valence-corrected chi connectivity index (χ1v) is 5.70. The molecule has 0 heterocycles. The van der Waals surface area contributed by atoms with Crippen molar-refractivity contribution in [3.63, 3.8) is 0 Å². The van der Waals surface area contributed by atoms with Gasteiger partial charge in [0.2, 0.25) is 0 Å². The van der Waals surface area contributed by atoms with Crippen LogP contribution in [0.15, 0.2) is 12.1 Å². The molecule has 19 heavy (non-hydrogen) atoms. The third kappa shape index (κ3) is 2.52. The zero-order chi connectivity index (χ0) is 14.2. The van der Waals surface area contributed by atoms with Crippen molar-refractivity contribution in [3.05, 3.63) is 29.3 Å². The van der Waals surface area contributed by atoms with E-state index in [1.54, 1.807) is 0 Å². The largest absolute Gasteiger partial charge is 0.465 e. The number of anilines is 1. The summed E-state index contributed by atoms with van der Waals surface area (Å²) in [5.41, 5.74) is -0.415. The minimum Gasteiger partial charge on any atom is -0.465 e. The predicted molar refractivity (Wildman–Crippen MR) is 61.9 cm³/mol. The van der Waals surface area contributed by atoms with Crippen LogP contribution < -0.4 is 5.32 Å². The number of amides is 1. The first-order valence-electron chi connectivity index (χ1n) is 5.70. The molecular weight excluding hydrogens is 260 g/mol. The summed E-state index contributed by atoms with van der Waals surface area (Å²) in [6.45, 7) is -0.520. The fourth-order valence-corrected chi connectivity index (χ4v) is 2.47. The number of rotatable bonds is 4. The number of aliphatic hydroxyl groups is 2. The van der Waals surface area contributed by atoms with Gasteiger partial charge in [0.1, 0.15) is 11.6 Å². The SMILES string of the molecule is O=C(O)Nc1cc(F)c(C2C(CO)C2CO)c(F)c1. The summed E-state index contributed by atoms with van der Waals surface area (Å²) in [4.78, 5) is 10.4. The molecule has 0 saturated heterocycles. The second-order valence-electron chi connectivity index (χ2n) is 4.50. The van der Waals surface area contributed by atoms with E-state index in [2.05, 4.69) is 0 Å². The normalized spacial score (nSPS) is 25.2. The minimum absolute atomic E-state index is 0.201. The predicted octanol–water partition coefficient (Wildman–Crippen LogP) is 1.37. The van der Waals surface area contributed by atoms with E-state index in [1.807, 2.05) is 5.32 Å². The summed E-state index contributed by atoms with van der Waals surface area (Å²) in [6, 6.07) is 1.77. The molecule has 5 nitrogen and oxygen atoms in total. The van der Waals surface area contributed by atoms with Crippen LogP contribution in [0, 0.1) is 23.5 Å². The van der Waals surface area contributed by atoms with E-state index < -0.39 is 23.6 Å². The van der Waals surface area contributed by atoms with Crippen LogP contribution in [-0.2, 0) is 0 Å². The lowest BCUT2D eigenvalue weighted by Crippen LogP contribution is -2.09. The van der Waals surface area contributed by atoms with Crippen LogP contribution in [0.3, 0.4) is 0 Å². The highest BCUT2D eigenvalue weighted by Crippen LogP contribution is 2.54. The maximum atomic E-state index is 13.8. The maximum Gasteiger partial charge on any atom is 0.409 e. The molecule has 0 radical (unpaired) electrons. The summed E-state index contributed by atoms with van der Waals surface area (Å²) < 4.78 is 27.7. The maximum absolute atomic E-state index is 13.8. The lowest BCUT2D eigenvalue weighted by atomic mass is 10.1. The smallest absolute Gasteiger partial charge is 0.409 e. The van der Waals surface area contributed by atoms with Gasteiger partial charge in [0.15, 0.2) is 0 Å². The highest BCUT2D eigenvalue weighted by Gasteiger charge is 2.52. The molecule has 1 fully saturated rings. The van der Waals surface area contributed by atoms with Gasteiger partial charge in [-0.1, -0.05) is 0 Å². The Kier molecular flexibility index (Phi) is 3.68. The van der Waals surface area contributed by atoms with E-state index in [-0.39, 0.29) is 36.3 Å². The molecule has 0 spiro atoms. The molecule has 0 bridgehead atoms. The van der Waals surface area contributed by atoms with E-state index >= 15 is 0 Å². The van der Waals surface area contributed by atoms with Crippen molar-refractivity contribution < 1.29 is 28.9 Å². The fraction of sp³-hybridized carbons (Fsp3) is 0.417. The molecule has 2 atom stereocenters. The van der Waals surface area contributed by atoms with Gasteiger partial charge in [-0.05, 0) is 24.0 Å². The van der Waals surface area contributed by atoms with Crippen LogP contribution in [0.5, 0.6) is 0 Å². The van der Waals surface area contributed by atoms with E-state index in [1.165, 1.54) is 0 Å². The number of hydrogen-bond acceptors (Lipinski definition) is 3. The topological polar surface area (TPSA) is 89.8 Å². The number of carboxylic acid groups (broad SMARTS) is 1. The van der Waals surface area contributed by atoms with Gasteiger partial charge in [0, 0.05) is 30.4 Å². The number of nitrogens with one attached hydrogen (secondary N) is 1. The minimum atomic E-state index is -1.42. The van der Waals surface area contributed by atoms with Crippen LogP contribution in [0.25, 0.3) is 0 Å². The molecule has 1 aromatic carbocycles. The van der Waals surface area contributed by atoms with Crippen LogP contribution in [0.2, 0.25) is 0 Å². The van der Waals surface area contributed by atoms with Gasteiger partial charge in [-0.3, -0.25) is 5.32 Å². The van der Waals surface area contributed by atoms with E-state index in [4.69, 9.17) is 15.3 Å². The Morgan fingerprint density at radius 3 is 2.00 bits per heavy atom. The highest BCUT2D eigenvalue weighted by atomic mass is 19.1. The second-order valence-corrected chi connectivity index (χ2v) is 4.50. The standard InChI is InChI=1S/C12H13F2NO4/c13-8-1-5(15-12(18)19)2-9(14)11(8)10-6(3-16)7(10)4-17/h1-2,6-7,10,15-17H,3-4H2,(H,18,19). The molecule has 0 aliphatic heterocycles. The molecule has 4 N–H and O–H groups in total. The molecule has 1 amide bonds. The van der Waals surface area contributed by atoms with E-state index in [0.717, 1.165) is 12.1 Å². The van der Waals surface area contributed by atoms with Gasteiger partial charge in [-0.15, -0.1) is 0 Å². The molecule has 1 aliphatic carbocycles. The van der Waals surface area contributed by atoms with Gasteiger partial charge in [-0.2, -0.15) is 0 Å². The Balaban J connectivity index is 2.30. The molecule has 1 aromatic rings. The van der Waals surface area contributed by atoms with Gasteiger partial charge < -0.3 is 15.3 Å². The van der Waals surface area contributed by atoms with Crippen LogP contribution in [0.4, 0.5) is 19.3 Å². The fourth-order valence-electron chi connectivity index (χ4n) is 2.47. The molecule has 2 rings (SSSR count). The average molecular weight is 273 g/mol. The zero-order valence-electron chi connectivity index (χ0n) is 9.81. The van der Waals surface area contributed by atoms with Crippen molar-refractivity contribution >= 4 is 11.8 Å². The Hall–Kier alpha value is -1.73. The van der Waals surface area contributed by atoms with Gasteiger partial charge in [-0.25, -0.2) is 13.6 Å². The molecule has 1 saturated carbocycles. The number of halogens is 2. The Morgan fingerprint density at radius 2 is 1.63 bits per heavy atom.